The second-order valence-corrected chi connectivity index (χ2v) is 13.5. The molecule has 1 N–H and O–H groups in total. The monoisotopic (exact) mass is 583 g/mol. The molecule has 1 heterocycles. The molecule has 2 saturated carbocycles. The third-order valence-electron chi connectivity index (χ3n) is 9.46. The molecule has 1 aromatic rings. The molecular formula is C28H29Cl4NO4. The van der Waals surface area contributed by atoms with E-state index in [0.29, 0.717) is 25.0 Å². The van der Waals surface area contributed by atoms with Crippen LogP contribution >= 0.6 is 46.4 Å². The Labute approximate surface area is 236 Å². The molecule has 0 radical (unpaired) electrons. The number of fused-ring (bicyclic) bond motifs is 4. The minimum atomic E-state index is -2.25. The van der Waals surface area contributed by atoms with Crippen molar-refractivity contribution in [3.8, 4) is 0 Å². The molecule has 5 nitrogen and oxygen atoms in total. The van der Waals surface area contributed by atoms with Crippen LogP contribution in [-0.2, 0) is 14.3 Å². The molecule has 9 heteroatoms. The van der Waals surface area contributed by atoms with Crippen LogP contribution < -0.4 is 5.32 Å². The molecule has 0 bridgehead atoms. The molecule has 2 amide bonds. The van der Waals surface area contributed by atoms with Crippen molar-refractivity contribution in [2.75, 3.05) is 12.5 Å². The van der Waals surface area contributed by atoms with Crippen molar-refractivity contribution < 1.29 is 19.1 Å². The Morgan fingerprint density at radius 3 is 2.54 bits per heavy atom. The summed E-state index contributed by atoms with van der Waals surface area (Å²) in [6.07, 6.45) is 7.57. The smallest absolute Gasteiger partial charge is 0.278 e. The highest BCUT2D eigenvalue weighted by Gasteiger charge is 2.66. The molecule has 0 aromatic heterocycles. The van der Waals surface area contributed by atoms with Crippen LogP contribution in [0.5, 0.6) is 0 Å². The maximum Gasteiger partial charge on any atom is 0.278 e. The number of aldehydes is 1. The topological polar surface area (TPSA) is 72.5 Å². The molecule has 1 aromatic carbocycles. The Hall–Kier alpha value is -1.53. The van der Waals surface area contributed by atoms with Crippen molar-refractivity contribution in [2.45, 2.75) is 55.2 Å². The number of ether oxygens (including phenoxy) is 1. The van der Waals surface area contributed by atoms with E-state index in [9.17, 15) is 14.4 Å². The Balaban J connectivity index is 1.62. The first-order valence-corrected chi connectivity index (χ1v) is 14.3. The summed E-state index contributed by atoms with van der Waals surface area (Å²) in [4.78, 5) is 37.5. The summed E-state index contributed by atoms with van der Waals surface area (Å²) in [7, 11) is 0. The minimum absolute atomic E-state index is 0.0427. The number of alkyl halides is 4. The predicted octanol–water partition coefficient (Wildman–Crippen LogP) is 6.65. The molecule has 2 fully saturated rings. The second-order valence-electron chi connectivity index (χ2n) is 10.9. The molecular weight excluding hydrogens is 556 g/mol. The van der Waals surface area contributed by atoms with Crippen molar-refractivity contribution in [2.24, 2.45) is 22.7 Å². The minimum Gasteiger partial charge on any atom is -0.501 e. The number of allylic oxidation sites excluding steroid dienone is 2. The van der Waals surface area contributed by atoms with E-state index in [-0.39, 0.29) is 23.6 Å². The molecule has 198 valence electrons. The van der Waals surface area contributed by atoms with Gasteiger partial charge < -0.3 is 4.74 Å². The Morgan fingerprint density at radius 1 is 1.16 bits per heavy atom. The van der Waals surface area contributed by atoms with Crippen LogP contribution in [-0.4, -0.2) is 34.4 Å². The van der Waals surface area contributed by atoms with E-state index >= 15 is 0 Å². The fourth-order valence-corrected chi connectivity index (χ4v) is 8.31. The number of rotatable bonds is 4. The van der Waals surface area contributed by atoms with E-state index in [0.717, 1.165) is 37.5 Å². The predicted molar refractivity (Wildman–Crippen MR) is 145 cm³/mol. The molecule has 5 rings (SSSR count). The summed E-state index contributed by atoms with van der Waals surface area (Å²) in [5, 5.41) is 2.36. The molecule has 1 aliphatic heterocycles. The standard InChI is InChI=1S/C28H29Cl4NO4/c1-26-12-21(17-4-2-16(13-34)3-5-17)23-19-9-11-37-14-18(19)6-7-20(23)22(26)8-10-27(26,15-29)24(35)33-25(36)28(30,31)32/h2-5,13-14,20-22H,6-12,15H2,1H3,(H,33,35,36)/t20?,21-,22?,26+,27+/m1/s1. The molecule has 0 spiro atoms. The van der Waals surface area contributed by atoms with Crippen LogP contribution in [0, 0.1) is 22.7 Å². The fourth-order valence-electron chi connectivity index (χ4n) is 7.61. The molecule has 5 atom stereocenters. The summed E-state index contributed by atoms with van der Waals surface area (Å²) in [6.45, 7) is 2.80. The summed E-state index contributed by atoms with van der Waals surface area (Å²) >= 11 is 23.9. The summed E-state index contributed by atoms with van der Waals surface area (Å²) in [5.41, 5.74) is 4.32. The highest BCUT2D eigenvalue weighted by molar-refractivity contribution is 6.76. The van der Waals surface area contributed by atoms with Crippen LogP contribution in [0.3, 0.4) is 0 Å². The third kappa shape index (κ3) is 4.34. The summed E-state index contributed by atoms with van der Waals surface area (Å²) in [5.74, 6) is -0.835. The average Bonchev–Trinajstić information content (AvgIpc) is 3.20. The first kappa shape index (κ1) is 27.1. The van der Waals surface area contributed by atoms with Crippen molar-refractivity contribution in [3.05, 3.63) is 58.4 Å². The van der Waals surface area contributed by atoms with E-state index in [1.54, 1.807) is 0 Å². The number of amides is 2. The van der Waals surface area contributed by atoms with Crippen LogP contribution in [0.15, 0.2) is 47.2 Å². The highest BCUT2D eigenvalue weighted by atomic mass is 35.6. The van der Waals surface area contributed by atoms with Crippen LogP contribution in [0.25, 0.3) is 0 Å². The number of nitrogens with one attached hydrogen (secondary N) is 1. The fraction of sp³-hybridized carbons (Fsp3) is 0.536. The van der Waals surface area contributed by atoms with Crippen LogP contribution in [0.4, 0.5) is 0 Å². The van der Waals surface area contributed by atoms with Gasteiger partial charge >= 0.3 is 0 Å². The molecule has 3 aliphatic carbocycles. The van der Waals surface area contributed by atoms with Gasteiger partial charge in [0.2, 0.25) is 5.91 Å². The number of carbonyl (C=O) groups excluding carboxylic acids is 3. The van der Waals surface area contributed by atoms with Gasteiger partial charge in [0.25, 0.3) is 9.70 Å². The number of imide groups is 1. The SMILES string of the molecule is C[C@]12C[C@H](c3ccc(C=O)cc3)C3=C4CCOC=C4CCC3C1CC[C@]2(CCl)C(=O)NC(=O)C(Cl)(Cl)Cl. The van der Waals surface area contributed by atoms with Crippen LogP contribution in [0.2, 0.25) is 0 Å². The normalized spacial score (nSPS) is 32.9. The lowest BCUT2D eigenvalue weighted by molar-refractivity contribution is -0.142. The third-order valence-corrected chi connectivity index (χ3v) is 10.4. The lowest BCUT2D eigenvalue weighted by Gasteiger charge is -2.55. The Kier molecular flexibility index (Phi) is 7.23. The maximum atomic E-state index is 13.8. The first-order chi connectivity index (χ1) is 17.6. The van der Waals surface area contributed by atoms with Gasteiger partial charge in [-0.15, -0.1) is 11.6 Å². The van der Waals surface area contributed by atoms with Gasteiger partial charge in [-0.2, -0.15) is 0 Å². The van der Waals surface area contributed by atoms with Gasteiger partial charge in [-0.3, -0.25) is 19.7 Å². The van der Waals surface area contributed by atoms with E-state index in [4.69, 9.17) is 51.1 Å². The second kappa shape index (κ2) is 9.89. The van der Waals surface area contributed by atoms with E-state index in [1.807, 2.05) is 30.5 Å². The molecule has 37 heavy (non-hydrogen) atoms. The zero-order valence-corrected chi connectivity index (χ0v) is 23.5. The van der Waals surface area contributed by atoms with Crippen molar-refractivity contribution in [1.29, 1.82) is 0 Å². The van der Waals surface area contributed by atoms with Crippen molar-refractivity contribution in [1.82, 2.24) is 5.32 Å². The van der Waals surface area contributed by atoms with E-state index in [1.165, 1.54) is 16.7 Å². The molecule has 2 unspecified atom stereocenters. The van der Waals surface area contributed by atoms with E-state index < -0.39 is 26.4 Å². The summed E-state index contributed by atoms with van der Waals surface area (Å²) < 4.78 is 3.43. The quantitative estimate of drug-likeness (QED) is 0.317. The Bertz CT molecular complexity index is 1190. The van der Waals surface area contributed by atoms with Gasteiger partial charge in [0.15, 0.2) is 0 Å². The van der Waals surface area contributed by atoms with Gasteiger partial charge in [-0.1, -0.05) is 71.6 Å². The van der Waals surface area contributed by atoms with E-state index in [2.05, 4.69) is 12.2 Å². The van der Waals surface area contributed by atoms with Gasteiger partial charge in [0.05, 0.1) is 18.3 Å². The molecule has 0 saturated heterocycles. The largest absolute Gasteiger partial charge is 0.501 e. The van der Waals surface area contributed by atoms with Gasteiger partial charge in [-0.25, -0.2) is 0 Å². The average molecular weight is 585 g/mol. The Morgan fingerprint density at radius 2 is 1.89 bits per heavy atom. The van der Waals surface area contributed by atoms with Crippen LogP contribution in [0.1, 0.15) is 67.3 Å². The van der Waals surface area contributed by atoms with Crippen molar-refractivity contribution >= 4 is 64.5 Å². The maximum absolute atomic E-state index is 13.8. The van der Waals surface area contributed by atoms with Gasteiger partial charge in [0, 0.05) is 23.8 Å². The lowest BCUT2D eigenvalue weighted by atomic mass is 9.49. The summed E-state index contributed by atoms with van der Waals surface area (Å²) in [6, 6.07) is 7.72. The lowest BCUT2D eigenvalue weighted by Crippen LogP contribution is -2.57. The number of halogens is 4. The number of hydrogen-bond donors (Lipinski definition) is 1. The van der Waals surface area contributed by atoms with Crippen molar-refractivity contribution in [3.63, 3.8) is 0 Å². The van der Waals surface area contributed by atoms with Gasteiger partial charge in [-0.05, 0) is 66.1 Å². The zero-order valence-electron chi connectivity index (χ0n) is 20.5. The van der Waals surface area contributed by atoms with Gasteiger partial charge in [0.1, 0.15) is 6.29 Å². The zero-order chi connectivity index (χ0) is 26.6. The molecule has 4 aliphatic rings. The number of carbonyl (C=O) groups is 3. The highest BCUT2D eigenvalue weighted by Crippen LogP contribution is 2.69. The first-order valence-electron chi connectivity index (χ1n) is 12.6. The number of hydrogen-bond acceptors (Lipinski definition) is 4. The number of benzene rings is 1.